The third kappa shape index (κ3) is 3.56. The zero-order chi connectivity index (χ0) is 18.8. The van der Waals surface area contributed by atoms with Gasteiger partial charge in [-0.05, 0) is 24.3 Å². The first-order chi connectivity index (χ1) is 13.1. The predicted octanol–water partition coefficient (Wildman–Crippen LogP) is 2.44. The lowest BCUT2D eigenvalue weighted by atomic mass is 10.0. The minimum atomic E-state index is -0.0997. The van der Waals surface area contributed by atoms with Gasteiger partial charge in [-0.2, -0.15) is 0 Å². The second-order valence-electron chi connectivity index (χ2n) is 6.97. The fraction of sp³-hybridized carbons (Fsp3) is 0.286. The lowest BCUT2D eigenvalue weighted by molar-refractivity contribution is -0.121. The summed E-state index contributed by atoms with van der Waals surface area (Å²) < 4.78 is 2.13. The summed E-state index contributed by atoms with van der Waals surface area (Å²) in [6, 6.07) is 15.5. The Balaban J connectivity index is 1.63. The fourth-order valence-electron chi connectivity index (χ4n) is 3.67. The third-order valence-electron chi connectivity index (χ3n) is 5.07. The lowest BCUT2D eigenvalue weighted by Crippen LogP contribution is -2.36. The molecule has 4 rings (SSSR count). The van der Waals surface area contributed by atoms with Crippen LogP contribution >= 0.6 is 0 Å². The van der Waals surface area contributed by atoms with Crippen molar-refractivity contribution in [2.24, 2.45) is 5.92 Å². The molecule has 138 valence electrons. The zero-order valence-corrected chi connectivity index (χ0v) is 15.3. The molecule has 6 heteroatoms. The molecule has 0 aliphatic carbocycles. The van der Waals surface area contributed by atoms with Crippen molar-refractivity contribution >= 4 is 22.7 Å². The summed E-state index contributed by atoms with van der Waals surface area (Å²) in [7, 11) is 1.64. The average Bonchev–Trinajstić information content (AvgIpc) is 3.05. The summed E-state index contributed by atoms with van der Waals surface area (Å²) in [6.07, 6.45) is 2.40. The number of hydrogen-bond acceptors (Lipinski definition) is 3. The first-order valence-electron chi connectivity index (χ1n) is 9.13. The van der Waals surface area contributed by atoms with Crippen LogP contribution in [-0.4, -0.2) is 39.9 Å². The molecule has 0 saturated carbocycles. The molecule has 3 aromatic rings. The average molecular weight is 362 g/mol. The number of rotatable bonds is 3. The van der Waals surface area contributed by atoms with E-state index in [1.165, 1.54) is 0 Å². The third-order valence-corrected chi connectivity index (χ3v) is 5.07. The molecule has 2 amide bonds. The Bertz CT molecular complexity index is 995. The molecule has 0 bridgehead atoms. The fourth-order valence-corrected chi connectivity index (χ4v) is 3.67. The van der Waals surface area contributed by atoms with Crippen molar-refractivity contribution in [2.45, 2.75) is 19.5 Å². The number of hydrogen-bond donors (Lipinski definition) is 1. The summed E-state index contributed by atoms with van der Waals surface area (Å²) in [5, 5.41) is 3.69. The molecule has 1 atom stereocenters. The number of fused-ring (bicyclic) bond motifs is 2. The highest BCUT2D eigenvalue weighted by Crippen LogP contribution is 2.22. The van der Waals surface area contributed by atoms with Crippen LogP contribution in [0.3, 0.4) is 0 Å². The van der Waals surface area contributed by atoms with Gasteiger partial charge in [0.1, 0.15) is 5.69 Å². The van der Waals surface area contributed by atoms with Crippen LogP contribution in [-0.2, 0) is 17.9 Å². The van der Waals surface area contributed by atoms with Crippen molar-refractivity contribution in [3.05, 3.63) is 66.1 Å². The molecule has 1 N–H and O–H groups in total. The van der Waals surface area contributed by atoms with E-state index in [2.05, 4.69) is 14.9 Å². The van der Waals surface area contributed by atoms with Crippen LogP contribution in [0.5, 0.6) is 0 Å². The highest BCUT2D eigenvalue weighted by molar-refractivity contribution is 5.95. The van der Waals surface area contributed by atoms with E-state index in [4.69, 9.17) is 0 Å². The van der Waals surface area contributed by atoms with Gasteiger partial charge >= 0.3 is 0 Å². The van der Waals surface area contributed by atoms with Gasteiger partial charge in [0.15, 0.2) is 0 Å². The Morgan fingerprint density at radius 3 is 2.81 bits per heavy atom. The number of carbonyl (C=O) groups excluding carboxylic acids is 2. The summed E-state index contributed by atoms with van der Waals surface area (Å²) in [6.45, 7) is 1.78. The SMILES string of the molecule is CNC(=O)C[C@@H]1CN(C(=O)c2ccc3ccccc3n2)Cc2cccn2C1. The van der Waals surface area contributed by atoms with Crippen LogP contribution in [0.15, 0.2) is 54.7 Å². The van der Waals surface area contributed by atoms with Crippen LogP contribution in [0.4, 0.5) is 0 Å². The second kappa shape index (κ2) is 7.23. The number of aromatic nitrogens is 2. The highest BCUT2D eigenvalue weighted by Gasteiger charge is 2.27. The topological polar surface area (TPSA) is 67.2 Å². The van der Waals surface area contributed by atoms with E-state index in [1.54, 1.807) is 13.1 Å². The molecular formula is C21H22N4O2. The van der Waals surface area contributed by atoms with Crippen molar-refractivity contribution in [3.8, 4) is 0 Å². The van der Waals surface area contributed by atoms with Crippen LogP contribution in [0.1, 0.15) is 22.6 Å². The maximum Gasteiger partial charge on any atom is 0.272 e. The minimum absolute atomic E-state index is 0.00756. The van der Waals surface area contributed by atoms with E-state index in [9.17, 15) is 9.59 Å². The Hall–Kier alpha value is -3.15. The molecule has 0 saturated heterocycles. The van der Waals surface area contributed by atoms with Crippen LogP contribution in [0.25, 0.3) is 10.9 Å². The number of amides is 2. The molecule has 2 aromatic heterocycles. The van der Waals surface area contributed by atoms with Gasteiger partial charge in [0.05, 0.1) is 12.1 Å². The number of benzene rings is 1. The largest absolute Gasteiger partial charge is 0.359 e. The standard InChI is InChI=1S/C21H22N4O2/c1-22-20(26)11-15-12-24-10-4-6-17(24)14-25(13-15)21(27)19-9-8-16-5-2-3-7-18(16)23-19/h2-10,15H,11-14H2,1H3,(H,22,26)/t15-/m0/s1. The summed E-state index contributed by atoms with van der Waals surface area (Å²) >= 11 is 0. The molecule has 0 unspecified atom stereocenters. The molecule has 1 aliphatic rings. The van der Waals surface area contributed by atoms with Crippen LogP contribution in [0, 0.1) is 5.92 Å². The van der Waals surface area contributed by atoms with E-state index in [1.807, 2.05) is 53.6 Å². The van der Waals surface area contributed by atoms with Crippen molar-refractivity contribution in [3.63, 3.8) is 0 Å². The van der Waals surface area contributed by atoms with Gasteiger partial charge in [-0.25, -0.2) is 4.98 Å². The van der Waals surface area contributed by atoms with Crippen molar-refractivity contribution in [1.82, 2.24) is 19.8 Å². The van der Waals surface area contributed by atoms with E-state index < -0.39 is 0 Å². The second-order valence-corrected chi connectivity index (χ2v) is 6.97. The Kier molecular flexibility index (Phi) is 4.62. The molecule has 0 radical (unpaired) electrons. The number of carbonyl (C=O) groups is 2. The molecule has 1 aliphatic heterocycles. The maximum absolute atomic E-state index is 13.2. The predicted molar refractivity (Wildman–Crippen MR) is 103 cm³/mol. The molecule has 3 heterocycles. The first kappa shape index (κ1) is 17.3. The maximum atomic E-state index is 13.2. The Morgan fingerprint density at radius 2 is 1.96 bits per heavy atom. The quantitative estimate of drug-likeness (QED) is 0.778. The smallest absolute Gasteiger partial charge is 0.272 e. The first-order valence-corrected chi connectivity index (χ1v) is 9.13. The van der Waals surface area contributed by atoms with Crippen molar-refractivity contribution in [2.75, 3.05) is 13.6 Å². The molecule has 0 spiro atoms. The normalized spacial score (nSPS) is 16.6. The molecule has 27 heavy (non-hydrogen) atoms. The van der Waals surface area contributed by atoms with E-state index in [-0.39, 0.29) is 17.7 Å². The van der Waals surface area contributed by atoms with Gasteiger partial charge in [-0.3, -0.25) is 9.59 Å². The Labute approximate surface area is 157 Å². The molecule has 0 fully saturated rings. The van der Waals surface area contributed by atoms with Gasteiger partial charge in [0.2, 0.25) is 5.91 Å². The summed E-state index contributed by atoms with van der Waals surface area (Å²) in [5.74, 6) is -0.0489. The molecular weight excluding hydrogens is 340 g/mol. The number of para-hydroxylation sites is 1. The van der Waals surface area contributed by atoms with E-state index >= 15 is 0 Å². The van der Waals surface area contributed by atoms with E-state index in [0.717, 1.165) is 23.1 Å². The number of nitrogens with one attached hydrogen (secondary N) is 1. The van der Waals surface area contributed by atoms with Gasteiger partial charge < -0.3 is 14.8 Å². The van der Waals surface area contributed by atoms with Gasteiger partial charge in [0.25, 0.3) is 5.91 Å². The van der Waals surface area contributed by atoms with Crippen LogP contribution < -0.4 is 5.32 Å². The minimum Gasteiger partial charge on any atom is -0.359 e. The summed E-state index contributed by atoms with van der Waals surface area (Å²) in [5.41, 5.74) is 2.32. The zero-order valence-electron chi connectivity index (χ0n) is 15.3. The van der Waals surface area contributed by atoms with Gasteiger partial charge in [-0.1, -0.05) is 24.3 Å². The number of nitrogens with zero attached hydrogens (tertiary/aromatic N) is 3. The van der Waals surface area contributed by atoms with Gasteiger partial charge in [-0.15, -0.1) is 0 Å². The van der Waals surface area contributed by atoms with Crippen molar-refractivity contribution < 1.29 is 9.59 Å². The lowest BCUT2D eigenvalue weighted by Gasteiger charge is -2.23. The van der Waals surface area contributed by atoms with Crippen molar-refractivity contribution in [1.29, 1.82) is 0 Å². The molecule has 1 aromatic carbocycles. The number of pyridine rings is 1. The monoisotopic (exact) mass is 362 g/mol. The highest BCUT2D eigenvalue weighted by atomic mass is 16.2. The molecule has 6 nitrogen and oxygen atoms in total. The van der Waals surface area contributed by atoms with E-state index in [0.29, 0.717) is 25.2 Å². The van der Waals surface area contributed by atoms with Crippen LogP contribution in [0.2, 0.25) is 0 Å². The summed E-state index contributed by atoms with van der Waals surface area (Å²) in [4.78, 5) is 31.4. The Morgan fingerprint density at radius 1 is 1.11 bits per heavy atom. The van der Waals surface area contributed by atoms with Gasteiger partial charge in [0, 0.05) is 49.8 Å².